The maximum absolute atomic E-state index is 11.4. The van der Waals surface area contributed by atoms with Gasteiger partial charge in [-0.15, -0.1) is 5.10 Å². The third-order valence-corrected chi connectivity index (χ3v) is 20.4. The Kier molecular flexibility index (Phi) is 14.1. The van der Waals surface area contributed by atoms with Crippen LogP contribution in [0.2, 0.25) is 16.6 Å². The van der Waals surface area contributed by atoms with Crippen LogP contribution in [0, 0.1) is 5.92 Å². The van der Waals surface area contributed by atoms with Crippen molar-refractivity contribution in [2.45, 2.75) is 82.8 Å². The fourth-order valence-electron chi connectivity index (χ4n) is 11.2. The Morgan fingerprint density at radius 3 is 1.91 bits per heavy atom. The first kappa shape index (κ1) is 47.4. The highest BCUT2D eigenvalue weighted by atomic mass is 28.4. The molecule has 11 heteroatoms. The summed E-state index contributed by atoms with van der Waals surface area (Å²) in [4.78, 5) is 7.63. The van der Waals surface area contributed by atoms with Crippen molar-refractivity contribution >= 4 is 30.9 Å². The minimum absolute atomic E-state index is 0.131. The number of aliphatic hydroxyl groups excluding tert-OH is 1. The molecule has 354 valence electrons. The van der Waals surface area contributed by atoms with Gasteiger partial charge in [0.2, 0.25) is 0 Å². The van der Waals surface area contributed by atoms with E-state index < -0.39 is 20.0 Å². The van der Waals surface area contributed by atoms with Gasteiger partial charge in [0.1, 0.15) is 22.6 Å². The molecule has 8 aromatic rings. The predicted octanol–water partition coefficient (Wildman–Crippen LogP) is 11.5. The molecular weight excluding hydrogens is 869 g/mol. The standard InChI is InChI=1S/C58H66N8O2Si/c1-41(2)69(42(3)4,43(5)6)68-51-30-20-23-45(34-51)37-65-39-47(36-60-65)52(31-32-64-38-46(54(67)40-64)33-44-21-12-8-13-22-44)53-35-55(59-7)61-57-56(53)62-63-66(57)58(48-24-14-9-15-25-48,49-26-16-10-17-27-49)50-28-18-11-19-29-50/h8-31,34-36,39,41-43,46,54,67H,32-33,37-38,40H2,1-7H3,(H,59,61)/b52-31+/t46-,54-/m0/s1. The van der Waals surface area contributed by atoms with Crippen molar-refractivity contribution < 1.29 is 9.53 Å². The van der Waals surface area contributed by atoms with E-state index in [0.29, 0.717) is 53.2 Å². The van der Waals surface area contributed by atoms with E-state index in [4.69, 9.17) is 24.8 Å². The number of pyridine rings is 1. The van der Waals surface area contributed by atoms with Crippen LogP contribution in [0.4, 0.5) is 5.82 Å². The van der Waals surface area contributed by atoms with Crippen LogP contribution in [0.5, 0.6) is 5.75 Å². The molecular formula is C58H66N8O2Si. The van der Waals surface area contributed by atoms with E-state index in [1.54, 1.807) is 0 Å². The van der Waals surface area contributed by atoms with Crippen molar-refractivity contribution in [3.63, 3.8) is 0 Å². The number of nitrogens with zero attached hydrogens (tertiary/aromatic N) is 7. The molecule has 0 saturated carbocycles. The molecule has 1 aliphatic rings. The first-order valence-corrected chi connectivity index (χ1v) is 26.7. The number of aromatic nitrogens is 6. The minimum atomic E-state index is -2.15. The smallest absolute Gasteiger partial charge is 0.258 e. The van der Waals surface area contributed by atoms with Gasteiger partial charge in [-0.05, 0) is 74.6 Å². The molecule has 1 saturated heterocycles. The average molecular weight is 935 g/mol. The van der Waals surface area contributed by atoms with Gasteiger partial charge in [0.15, 0.2) is 5.65 Å². The molecule has 1 aliphatic heterocycles. The van der Waals surface area contributed by atoms with Crippen LogP contribution in [-0.2, 0) is 18.5 Å². The maximum atomic E-state index is 11.4. The number of hydrogen-bond acceptors (Lipinski definition) is 8. The van der Waals surface area contributed by atoms with Crippen molar-refractivity contribution in [2.75, 3.05) is 32.0 Å². The zero-order valence-electron chi connectivity index (χ0n) is 41.1. The highest BCUT2D eigenvalue weighted by Crippen LogP contribution is 2.44. The molecule has 69 heavy (non-hydrogen) atoms. The molecule has 0 spiro atoms. The van der Waals surface area contributed by atoms with Crippen molar-refractivity contribution in [2.24, 2.45) is 5.92 Å². The fraction of sp³-hybridized carbons (Fsp3) is 0.310. The average Bonchev–Trinajstić information content (AvgIpc) is 4.11. The number of β-amino-alcohol motifs (C(OH)–C–C–N with tert-alkyl or cyclic N) is 1. The van der Waals surface area contributed by atoms with Crippen molar-refractivity contribution in [1.29, 1.82) is 0 Å². The van der Waals surface area contributed by atoms with Crippen molar-refractivity contribution in [3.8, 4) is 5.75 Å². The summed E-state index contributed by atoms with van der Waals surface area (Å²) in [6.45, 7) is 16.5. The number of likely N-dealkylation sites (tertiary alicyclic amines) is 1. The first-order valence-electron chi connectivity index (χ1n) is 24.6. The zero-order valence-corrected chi connectivity index (χ0v) is 42.1. The Bertz CT molecular complexity index is 2850. The molecule has 2 atom stereocenters. The number of aliphatic hydroxyl groups is 1. The number of fused-ring (bicyclic) bond motifs is 1. The van der Waals surface area contributed by atoms with Crippen LogP contribution in [0.25, 0.3) is 16.7 Å². The third kappa shape index (κ3) is 9.43. The molecule has 2 N–H and O–H groups in total. The summed E-state index contributed by atoms with van der Waals surface area (Å²) in [5.41, 5.74) is 10.0. The number of nitrogens with one attached hydrogen (secondary N) is 1. The summed E-state index contributed by atoms with van der Waals surface area (Å²) < 4.78 is 11.1. The quantitative estimate of drug-likeness (QED) is 0.0647. The van der Waals surface area contributed by atoms with Crippen LogP contribution >= 0.6 is 0 Å². The second-order valence-corrected chi connectivity index (χ2v) is 25.0. The second-order valence-electron chi connectivity index (χ2n) is 19.6. The highest BCUT2D eigenvalue weighted by molar-refractivity contribution is 6.78. The van der Waals surface area contributed by atoms with Gasteiger partial charge in [-0.25, -0.2) is 9.67 Å². The summed E-state index contributed by atoms with van der Waals surface area (Å²) in [5, 5.41) is 29.9. The largest absolute Gasteiger partial charge is 0.543 e. The van der Waals surface area contributed by atoms with Crippen LogP contribution < -0.4 is 9.74 Å². The predicted molar refractivity (Wildman–Crippen MR) is 282 cm³/mol. The van der Waals surface area contributed by atoms with Crippen LogP contribution in [-0.4, -0.2) is 80.9 Å². The normalized spacial score (nSPS) is 16.0. The van der Waals surface area contributed by atoms with E-state index in [0.717, 1.165) is 57.7 Å². The third-order valence-electron chi connectivity index (χ3n) is 14.4. The molecule has 5 aromatic carbocycles. The summed E-state index contributed by atoms with van der Waals surface area (Å²) >= 11 is 0. The molecule has 0 amide bonds. The molecule has 4 heterocycles. The van der Waals surface area contributed by atoms with E-state index >= 15 is 0 Å². The number of anilines is 1. The van der Waals surface area contributed by atoms with Crippen LogP contribution in [0.3, 0.4) is 0 Å². The second kappa shape index (κ2) is 20.5. The van der Waals surface area contributed by atoms with Gasteiger partial charge in [0, 0.05) is 49.9 Å². The topological polar surface area (TPSA) is 106 Å². The van der Waals surface area contributed by atoms with Gasteiger partial charge in [0.25, 0.3) is 8.32 Å². The monoisotopic (exact) mass is 935 g/mol. The molecule has 0 bridgehead atoms. The molecule has 9 rings (SSSR count). The lowest BCUT2D eigenvalue weighted by atomic mass is 9.77. The summed E-state index contributed by atoms with van der Waals surface area (Å²) in [6.07, 6.45) is 6.76. The Hall–Kier alpha value is -6.66. The maximum Gasteiger partial charge on any atom is 0.258 e. The van der Waals surface area contributed by atoms with E-state index in [1.807, 2.05) is 46.9 Å². The van der Waals surface area contributed by atoms with Gasteiger partial charge in [-0.1, -0.05) is 186 Å². The summed E-state index contributed by atoms with van der Waals surface area (Å²) in [6, 6.07) is 52.6. The molecule has 0 aliphatic carbocycles. The molecule has 0 radical (unpaired) electrons. The summed E-state index contributed by atoms with van der Waals surface area (Å²) in [5.74, 6) is 1.75. The van der Waals surface area contributed by atoms with Crippen molar-refractivity contribution in [3.05, 3.63) is 209 Å². The van der Waals surface area contributed by atoms with Gasteiger partial charge in [-0.2, -0.15) is 5.10 Å². The lowest BCUT2D eigenvalue weighted by Gasteiger charge is -2.42. The van der Waals surface area contributed by atoms with E-state index in [2.05, 4.69) is 191 Å². The number of benzene rings is 5. The van der Waals surface area contributed by atoms with Crippen LogP contribution in [0.1, 0.15) is 80.5 Å². The Morgan fingerprint density at radius 2 is 1.33 bits per heavy atom. The summed E-state index contributed by atoms with van der Waals surface area (Å²) in [7, 11) is -0.251. The first-order chi connectivity index (χ1) is 33.5. The SMILES string of the molecule is CNc1cc(/C(=C/CN2C[C@H](Cc3ccccc3)[C@@H](O)C2)c2cnn(Cc3cccc(O[Si](C(C)C)(C(C)C)C(C)C)c3)c2)c2nnn(C(c3ccccc3)(c3ccccc3)c3ccccc3)c2n1. The fourth-order valence-corrected chi connectivity index (χ4v) is 16.5. The molecule has 10 nitrogen and oxygen atoms in total. The molecule has 1 fully saturated rings. The highest BCUT2D eigenvalue weighted by Gasteiger charge is 2.47. The zero-order chi connectivity index (χ0) is 48.1. The lowest BCUT2D eigenvalue weighted by molar-refractivity contribution is 0.142. The Balaban J connectivity index is 1.15. The van der Waals surface area contributed by atoms with Crippen LogP contribution in [0.15, 0.2) is 170 Å². The number of rotatable bonds is 18. The van der Waals surface area contributed by atoms with E-state index in [1.165, 1.54) is 5.56 Å². The minimum Gasteiger partial charge on any atom is -0.543 e. The Labute approximate surface area is 408 Å². The lowest BCUT2D eigenvalue weighted by Crippen LogP contribution is -2.50. The Morgan fingerprint density at radius 1 is 0.754 bits per heavy atom. The van der Waals surface area contributed by atoms with Gasteiger partial charge < -0.3 is 14.8 Å². The molecule has 3 aromatic heterocycles. The van der Waals surface area contributed by atoms with Crippen molar-refractivity contribution in [1.82, 2.24) is 34.7 Å². The van der Waals surface area contributed by atoms with Gasteiger partial charge in [-0.3, -0.25) is 9.58 Å². The van der Waals surface area contributed by atoms with E-state index in [9.17, 15) is 5.11 Å². The van der Waals surface area contributed by atoms with Gasteiger partial charge >= 0.3 is 0 Å². The number of hydrogen-bond donors (Lipinski definition) is 2. The van der Waals surface area contributed by atoms with Gasteiger partial charge in [0.05, 0.1) is 18.8 Å². The van der Waals surface area contributed by atoms with E-state index in [-0.39, 0.29) is 5.92 Å². The molecule has 0 unspecified atom stereocenters.